The zero-order valence-electron chi connectivity index (χ0n) is 35.1. The van der Waals surface area contributed by atoms with E-state index in [4.69, 9.17) is 26.5 Å². The Morgan fingerprint density at radius 1 is 0.919 bits per heavy atom. The number of unbranched alkanes of at least 4 members (excludes halogenated alkanes) is 6. The average Bonchev–Trinajstić information content (AvgIpc) is 3.75. The van der Waals surface area contributed by atoms with E-state index >= 15 is 0 Å². The van der Waals surface area contributed by atoms with Crippen molar-refractivity contribution in [3.05, 3.63) is 99.6 Å². The lowest BCUT2D eigenvalue weighted by Crippen LogP contribution is -2.54. The minimum absolute atomic E-state index is 0.00486. The number of piperidine rings is 1. The standard InChI is InChI=1S/C45H51ClN8O8/c1-27(24-37-52-51-28(2)53(37)34-19-18-31(61-3)25-33(34)41(47)29-14-16-30(46)17-15-29)42(57)49-23-10-8-6-4-5-7-9-22-48-39(56)26-62-36-13-11-12-32-40(36)45(60)54(44(32)59)35-20-21-38(55)50-43(35)58/h11-19,25,27,35,47H,4-10,20-24,26H2,1-3H3,(H,48,56)(H,49,57)(H,50,55,58). The van der Waals surface area contributed by atoms with E-state index in [-0.39, 0.29) is 59.8 Å². The van der Waals surface area contributed by atoms with Crippen molar-refractivity contribution >= 4 is 52.8 Å². The van der Waals surface area contributed by atoms with Gasteiger partial charge < -0.3 is 20.1 Å². The number of halogens is 1. The molecular weight excluding hydrogens is 816 g/mol. The highest BCUT2D eigenvalue weighted by Gasteiger charge is 2.46. The number of amides is 6. The fraction of sp³-hybridized carbons (Fsp3) is 0.400. The van der Waals surface area contributed by atoms with Crippen molar-refractivity contribution in [2.45, 2.75) is 84.1 Å². The fourth-order valence-electron chi connectivity index (χ4n) is 7.57. The molecule has 2 atom stereocenters. The first-order valence-electron chi connectivity index (χ1n) is 20.8. The number of methoxy groups -OCH3 is 1. The monoisotopic (exact) mass is 866 g/mol. The van der Waals surface area contributed by atoms with Crippen molar-refractivity contribution in [1.29, 1.82) is 5.41 Å². The molecule has 0 saturated carbocycles. The van der Waals surface area contributed by atoms with E-state index in [1.54, 1.807) is 37.4 Å². The summed E-state index contributed by atoms with van der Waals surface area (Å²) in [6, 6.07) is 16.0. The molecule has 4 N–H and O–H groups in total. The Labute approximate surface area is 364 Å². The van der Waals surface area contributed by atoms with Crippen LogP contribution >= 0.6 is 11.6 Å². The van der Waals surface area contributed by atoms with E-state index in [0.717, 1.165) is 49.8 Å². The highest BCUT2D eigenvalue weighted by Crippen LogP contribution is 2.34. The smallest absolute Gasteiger partial charge is 0.266 e. The number of nitrogens with one attached hydrogen (secondary N) is 4. The second-order valence-corrected chi connectivity index (χ2v) is 15.8. The predicted molar refractivity (Wildman–Crippen MR) is 230 cm³/mol. The number of rotatable bonds is 21. The molecule has 0 radical (unpaired) electrons. The number of fused-ring (bicyclic) bond motifs is 1. The van der Waals surface area contributed by atoms with Crippen molar-refractivity contribution in [2.75, 3.05) is 26.8 Å². The van der Waals surface area contributed by atoms with E-state index in [1.807, 2.05) is 36.6 Å². The number of carbonyl (C=O) groups excluding carboxylic acids is 6. The molecule has 6 rings (SSSR count). The predicted octanol–water partition coefficient (Wildman–Crippen LogP) is 5.28. The number of carbonyl (C=O) groups is 6. The van der Waals surface area contributed by atoms with Gasteiger partial charge in [-0.1, -0.05) is 68.8 Å². The van der Waals surface area contributed by atoms with Crippen LogP contribution in [0.1, 0.15) is 108 Å². The molecule has 1 saturated heterocycles. The van der Waals surface area contributed by atoms with Gasteiger partial charge >= 0.3 is 0 Å². The van der Waals surface area contributed by atoms with Crippen molar-refractivity contribution < 1.29 is 38.2 Å². The Kier molecular flexibility index (Phi) is 15.2. The summed E-state index contributed by atoms with van der Waals surface area (Å²) in [4.78, 5) is 76.7. The van der Waals surface area contributed by atoms with E-state index in [2.05, 4.69) is 26.1 Å². The fourth-order valence-corrected chi connectivity index (χ4v) is 7.70. The van der Waals surface area contributed by atoms with Crippen LogP contribution in [0.4, 0.5) is 0 Å². The molecule has 3 aromatic carbocycles. The van der Waals surface area contributed by atoms with Gasteiger partial charge in [-0.15, -0.1) is 10.2 Å². The Morgan fingerprint density at radius 2 is 1.61 bits per heavy atom. The van der Waals surface area contributed by atoms with E-state index in [0.29, 0.717) is 58.7 Å². The SMILES string of the molecule is COc1ccc(-n2c(C)nnc2CC(C)C(=O)NCCCCCCCCCNC(=O)COc2cccc3c2C(=O)N(C2CCC(=O)NC2=O)C3=O)c(C(=N)c2ccc(Cl)cc2)c1. The van der Waals surface area contributed by atoms with Crippen molar-refractivity contribution in [1.82, 2.24) is 35.6 Å². The molecule has 0 spiro atoms. The van der Waals surface area contributed by atoms with Crippen LogP contribution in [0.3, 0.4) is 0 Å². The summed E-state index contributed by atoms with van der Waals surface area (Å²) >= 11 is 6.10. The van der Waals surface area contributed by atoms with Crippen molar-refractivity contribution in [3.63, 3.8) is 0 Å². The molecule has 17 heteroatoms. The van der Waals surface area contributed by atoms with Gasteiger partial charge in [0.15, 0.2) is 6.61 Å². The molecule has 2 aliphatic rings. The van der Waals surface area contributed by atoms with Gasteiger partial charge in [0.25, 0.3) is 17.7 Å². The third kappa shape index (κ3) is 10.7. The first-order valence-corrected chi connectivity index (χ1v) is 21.2. The maximum Gasteiger partial charge on any atom is 0.266 e. The van der Waals surface area contributed by atoms with Crippen LogP contribution < -0.4 is 25.4 Å². The highest BCUT2D eigenvalue weighted by atomic mass is 35.5. The number of benzene rings is 3. The summed E-state index contributed by atoms with van der Waals surface area (Å²) in [5.41, 5.74) is 2.38. The van der Waals surface area contributed by atoms with Crippen LogP contribution in [0.25, 0.3) is 5.69 Å². The summed E-state index contributed by atoms with van der Waals surface area (Å²) in [5.74, 6) is -1.38. The molecule has 2 aliphatic heterocycles. The molecule has 6 amide bonds. The number of ether oxygens (including phenoxy) is 2. The quantitative estimate of drug-likeness (QED) is 0.0483. The first kappa shape index (κ1) is 45.1. The second-order valence-electron chi connectivity index (χ2n) is 15.4. The van der Waals surface area contributed by atoms with Crippen LogP contribution in [0, 0.1) is 18.3 Å². The van der Waals surface area contributed by atoms with Gasteiger partial charge in [0.05, 0.1) is 29.6 Å². The Morgan fingerprint density at radius 3 is 2.31 bits per heavy atom. The molecule has 62 heavy (non-hydrogen) atoms. The number of aryl methyl sites for hydroxylation is 1. The molecule has 2 unspecified atom stereocenters. The third-order valence-corrected chi connectivity index (χ3v) is 11.2. The molecule has 326 valence electrons. The maximum absolute atomic E-state index is 13.2. The number of hydrogen-bond acceptors (Lipinski definition) is 11. The summed E-state index contributed by atoms with van der Waals surface area (Å²) < 4.78 is 13.0. The minimum atomic E-state index is -1.09. The molecule has 1 aromatic heterocycles. The number of hydrogen-bond donors (Lipinski definition) is 4. The van der Waals surface area contributed by atoms with Crippen LogP contribution in [0.2, 0.25) is 5.02 Å². The van der Waals surface area contributed by atoms with E-state index < -0.39 is 29.7 Å². The number of imide groups is 2. The largest absolute Gasteiger partial charge is 0.497 e. The Balaban J connectivity index is 0.857. The van der Waals surface area contributed by atoms with Crippen molar-refractivity contribution in [3.8, 4) is 17.2 Å². The molecule has 4 aromatic rings. The zero-order chi connectivity index (χ0) is 44.3. The normalized spacial score (nSPS) is 15.2. The van der Waals surface area contributed by atoms with Gasteiger partial charge in [-0.2, -0.15) is 0 Å². The van der Waals surface area contributed by atoms with Crippen LogP contribution in [-0.4, -0.2) is 93.7 Å². The topological polar surface area (TPSA) is 215 Å². The summed E-state index contributed by atoms with van der Waals surface area (Å²) in [7, 11) is 1.58. The van der Waals surface area contributed by atoms with Gasteiger partial charge in [0, 0.05) is 48.0 Å². The van der Waals surface area contributed by atoms with Gasteiger partial charge in [-0.05, 0) is 68.7 Å². The van der Waals surface area contributed by atoms with Gasteiger partial charge in [-0.3, -0.25) is 49.0 Å². The lowest BCUT2D eigenvalue weighted by atomic mass is 9.99. The van der Waals surface area contributed by atoms with Crippen LogP contribution in [0.15, 0.2) is 60.7 Å². The Bertz CT molecular complexity index is 2350. The van der Waals surface area contributed by atoms with Crippen LogP contribution in [0.5, 0.6) is 11.5 Å². The summed E-state index contributed by atoms with van der Waals surface area (Å²) in [6.45, 7) is 4.39. The van der Waals surface area contributed by atoms with E-state index in [1.165, 1.54) is 12.1 Å². The van der Waals surface area contributed by atoms with E-state index in [9.17, 15) is 28.8 Å². The van der Waals surface area contributed by atoms with Gasteiger partial charge in [-0.25, -0.2) is 0 Å². The third-order valence-electron chi connectivity index (χ3n) is 10.9. The minimum Gasteiger partial charge on any atom is -0.497 e. The van der Waals surface area contributed by atoms with Crippen LogP contribution in [-0.2, 0) is 25.6 Å². The molecule has 3 heterocycles. The van der Waals surface area contributed by atoms with Gasteiger partial charge in [0.1, 0.15) is 29.2 Å². The average molecular weight is 867 g/mol. The molecule has 0 bridgehead atoms. The first-order chi connectivity index (χ1) is 29.9. The van der Waals surface area contributed by atoms with Crippen molar-refractivity contribution in [2.24, 2.45) is 5.92 Å². The molecular formula is C45H51ClN8O8. The number of nitrogens with zero attached hydrogens (tertiary/aromatic N) is 4. The lowest BCUT2D eigenvalue weighted by molar-refractivity contribution is -0.136. The van der Waals surface area contributed by atoms with Gasteiger partial charge in [0.2, 0.25) is 17.7 Å². The summed E-state index contributed by atoms with van der Waals surface area (Å²) in [6.07, 6.45) is 7.00. The zero-order valence-corrected chi connectivity index (χ0v) is 35.8. The molecule has 0 aliphatic carbocycles. The molecule has 16 nitrogen and oxygen atoms in total. The highest BCUT2D eigenvalue weighted by molar-refractivity contribution is 6.30. The molecule has 1 fully saturated rings. The second kappa shape index (κ2) is 20.9. The Hall–Kier alpha value is -6.42. The maximum atomic E-state index is 13.2. The lowest BCUT2D eigenvalue weighted by Gasteiger charge is -2.27. The number of aromatic nitrogens is 3. The summed E-state index contributed by atoms with van der Waals surface area (Å²) in [5, 5.41) is 26.4.